The maximum absolute atomic E-state index is 5.26. The molecule has 3 rings (SSSR count). The number of aliphatic imine (C=N–C) groups is 1. The van der Waals surface area contributed by atoms with Gasteiger partial charge in [0, 0.05) is 39.6 Å². The number of aryl methyl sites for hydroxylation is 1. The number of methoxy groups -OCH3 is 1. The molecule has 8 heteroatoms. The van der Waals surface area contributed by atoms with Gasteiger partial charge >= 0.3 is 0 Å². The van der Waals surface area contributed by atoms with Crippen molar-refractivity contribution in [2.45, 2.75) is 32.9 Å². The Balaban J connectivity index is 0.00000363. The van der Waals surface area contributed by atoms with E-state index in [1.807, 2.05) is 18.2 Å². The second-order valence-electron chi connectivity index (χ2n) is 7.37. The summed E-state index contributed by atoms with van der Waals surface area (Å²) in [7, 11) is 3.75. The number of rotatable bonds is 10. The van der Waals surface area contributed by atoms with E-state index >= 15 is 0 Å². The first kappa shape index (κ1) is 25.6. The molecule has 2 aromatic carbocycles. The van der Waals surface area contributed by atoms with Gasteiger partial charge in [-0.1, -0.05) is 49.4 Å². The van der Waals surface area contributed by atoms with Crippen molar-refractivity contribution < 1.29 is 4.74 Å². The third-order valence-electron chi connectivity index (χ3n) is 5.09. The average molecular weight is 548 g/mol. The van der Waals surface area contributed by atoms with E-state index < -0.39 is 0 Å². The van der Waals surface area contributed by atoms with Gasteiger partial charge in [0.1, 0.15) is 17.9 Å². The molecule has 1 aromatic heterocycles. The number of hydrogen-bond donors (Lipinski definition) is 1. The highest BCUT2D eigenvalue weighted by molar-refractivity contribution is 14.0. The second kappa shape index (κ2) is 13.7. The molecular formula is C24H33IN6O. The van der Waals surface area contributed by atoms with Gasteiger partial charge in [0.25, 0.3) is 0 Å². The molecule has 7 nitrogen and oxygen atoms in total. The van der Waals surface area contributed by atoms with Gasteiger partial charge < -0.3 is 19.5 Å². The number of benzene rings is 2. The van der Waals surface area contributed by atoms with Crippen LogP contribution in [0.1, 0.15) is 23.9 Å². The highest BCUT2D eigenvalue weighted by atomic mass is 127. The van der Waals surface area contributed by atoms with Crippen LogP contribution in [-0.4, -0.2) is 52.9 Å². The summed E-state index contributed by atoms with van der Waals surface area (Å²) in [5.74, 6) is 2.75. The Bertz CT molecular complexity index is 943. The summed E-state index contributed by atoms with van der Waals surface area (Å²) in [4.78, 5) is 7.03. The predicted octanol–water partition coefficient (Wildman–Crippen LogP) is 3.79. The maximum Gasteiger partial charge on any atom is 0.194 e. The minimum atomic E-state index is 0. The highest BCUT2D eigenvalue weighted by Crippen LogP contribution is 2.12. The first-order chi connectivity index (χ1) is 15.2. The minimum Gasteiger partial charge on any atom is -0.497 e. The van der Waals surface area contributed by atoms with Crippen molar-refractivity contribution in [2.24, 2.45) is 4.99 Å². The van der Waals surface area contributed by atoms with Crippen molar-refractivity contribution in [2.75, 3.05) is 27.2 Å². The van der Waals surface area contributed by atoms with Gasteiger partial charge in [0.2, 0.25) is 0 Å². The van der Waals surface area contributed by atoms with Crippen molar-refractivity contribution >= 4 is 29.9 Å². The first-order valence-electron chi connectivity index (χ1n) is 10.7. The molecule has 1 heterocycles. The van der Waals surface area contributed by atoms with Crippen LogP contribution in [0.25, 0.3) is 0 Å². The molecule has 3 aromatic rings. The lowest BCUT2D eigenvalue weighted by molar-refractivity contribution is 0.414. The van der Waals surface area contributed by atoms with Crippen LogP contribution in [0.4, 0.5) is 0 Å². The number of guanidine groups is 1. The molecule has 0 spiro atoms. The molecule has 0 amide bonds. The smallest absolute Gasteiger partial charge is 0.194 e. The lowest BCUT2D eigenvalue weighted by atomic mass is 10.2. The largest absolute Gasteiger partial charge is 0.497 e. The second-order valence-corrected chi connectivity index (χ2v) is 7.37. The number of aromatic nitrogens is 3. The van der Waals surface area contributed by atoms with Gasteiger partial charge in [-0.05, 0) is 29.7 Å². The van der Waals surface area contributed by atoms with Gasteiger partial charge in [0.05, 0.1) is 7.11 Å². The SMILES string of the molecule is CCc1nncn1CCNC(=NCCc1ccccc1)N(C)Cc1ccc(OC)cc1.I. The maximum atomic E-state index is 5.26. The number of nitrogens with zero attached hydrogens (tertiary/aromatic N) is 5. The Labute approximate surface area is 207 Å². The molecule has 0 radical (unpaired) electrons. The minimum absolute atomic E-state index is 0. The van der Waals surface area contributed by atoms with Crippen LogP contribution >= 0.6 is 24.0 Å². The zero-order valence-corrected chi connectivity index (χ0v) is 21.4. The predicted molar refractivity (Wildman–Crippen MR) is 140 cm³/mol. The summed E-state index contributed by atoms with van der Waals surface area (Å²) in [6.45, 7) is 5.12. The quantitative estimate of drug-likeness (QED) is 0.237. The van der Waals surface area contributed by atoms with E-state index in [0.29, 0.717) is 0 Å². The Morgan fingerprint density at radius 1 is 1.09 bits per heavy atom. The molecule has 0 saturated heterocycles. The topological polar surface area (TPSA) is 67.6 Å². The molecule has 0 atom stereocenters. The number of hydrogen-bond acceptors (Lipinski definition) is 4. The van der Waals surface area contributed by atoms with Crippen molar-refractivity contribution in [1.82, 2.24) is 25.0 Å². The Kier molecular flexibility index (Phi) is 11.0. The average Bonchev–Trinajstić information content (AvgIpc) is 3.26. The van der Waals surface area contributed by atoms with Crippen LogP contribution in [0.3, 0.4) is 0 Å². The molecule has 0 aliphatic heterocycles. The van der Waals surface area contributed by atoms with Crippen LogP contribution in [0.2, 0.25) is 0 Å². The van der Waals surface area contributed by atoms with E-state index in [1.54, 1.807) is 13.4 Å². The molecule has 172 valence electrons. The van der Waals surface area contributed by atoms with Crippen molar-refractivity contribution in [1.29, 1.82) is 0 Å². The van der Waals surface area contributed by atoms with Gasteiger partial charge in [-0.25, -0.2) is 0 Å². The third-order valence-corrected chi connectivity index (χ3v) is 5.09. The van der Waals surface area contributed by atoms with Crippen LogP contribution in [0.5, 0.6) is 5.75 Å². The Hall–Kier alpha value is -2.62. The fourth-order valence-corrected chi connectivity index (χ4v) is 3.35. The number of nitrogens with one attached hydrogen (secondary N) is 1. The van der Waals surface area contributed by atoms with Gasteiger partial charge in [0.15, 0.2) is 5.96 Å². The summed E-state index contributed by atoms with van der Waals surface area (Å²) in [5.41, 5.74) is 2.49. The molecule has 1 N–H and O–H groups in total. The zero-order valence-electron chi connectivity index (χ0n) is 19.1. The van der Waals surface area contributed by atoms with Gasteiger partial charge in [-0.3, -0.25) is 4.99 Å². The van der Waals surface area contributed by atoms with E-state index in [9.17, 15) is 0 Å². The van der Waals surface area contributed by atoms with E-state index in [1.165, 1.54) is 11.1 Å². The van der Waals surface area contributed by atoms with E-state index in [-0.39, 0.29) is 24.0 Å². The van der Waals surface area contributed by atoms with Crippen molar-refractivity contribution in [3.8, 4) is 5.75 Å². The highest BCUT2D eigenvalue weighted by Gasteiger charge is 2.09. The molecule has 32 heavy (non-hydrogen) atoms. The number of halogens is 1. The first-order valence-corrected chi connectivity index (χ1v) is 10.7. The summed E-state index contributed by atoms with van der Waals surface area (Å²) >= 11 is 0. The standard InChI is InChI=1S/C24H32N6O.HI/c1-4-23-28-27-19-30(23)17-16-26-24(25-15-14-20-8-6-5-7-9-20)29(2)18-21-10-12-22(31-3)13-11-21;/h5-13,19H,4,14-18H2,1-3H3,(H,25,26);1H. The van der Waals surface area contributed by atoms with E-state index in [4.69, 9.17) is 9.73 Å². The fourth-order valence-electron chi connectivity index (χ4n) is 3.35. The molecule has 0 aliphatic carbocycles. The summed E-state index contributed by atoms with van der Waals surface area (Å²) in [6, 6.07) is 18.6. The van der Waals surface area contributed by atoms with Crippen molar-refractivity contribution in [3.05, 3.63) is 77.9 Å². The Morgan fingerprint density at radius 2 is 1.84 bits per heavy atom. The van der Waals surface area contributed by atoms with E-state index in [2.05, 4.69) is 75.4 Å². The summed E-state index contributed by atoms with van der Waals surface area (Å²) in [5, 5.41) is 11.7. The molecular weight excluding hydrogens is 515 g/mol. The van der Waals surface area contributed by atoms with Crippen LogP contribution < -0.4 is 10.1 Å². The molecule has 0 aliphatic rings. The third kappa shape index (κ3) is 7.81. The summed E-state index contributed by atoms with van der Waals surface area (Å²) in [6.07, 6.45) is 3.57. The number of ether oxygens (including phenoxy) is 1. The molecule has 0 unspecified atom stereocenters. The molecule has 0 bridgehead atoms. The Morgan fingerprint density at radius 3 is 2.53 bits per heavy atom. The molecule has 0 fully saturated rings. The fraction of sp³-hybridized carbons (Fsp3) is 0.375. The van der Waals surface area contributed by atoms with Gasteiger partial charge in [-0.2, -0.15) is 0 Å². The summed E-state index contributed by atoms with van der Waals surface area (Å²) < 4.78 is 7.34. The zero-order chi connectivity index (χ0) is 21.9. The lowest BCUT2D eigenvalue weighted by Crippen LogP contribution is -2.40. The van der Waals surface area contributed by atoms with Crippen molar-refractivity contribution in [3.63, 3.8) is 0 Å². The monoisotopic (exact) mass is 548 g/mol. The van der Waals surface area contributed by atoms with E-state index in [0.717, 1.165) is 56.6 Å². The lowest BCUT2D eigenvalue weighted by Gasteiger charge is -2.23. The normalized spacial score (nSPS) is 11.0. The van der Waals surface area contributed by atoms with Crippen LogP contribution in [0.15, 0.2) is 65.9 Å². The van der Waals surface area contributed by atoms with Crippen LogP contribution in [0, 0.1) is 0 Å². The molecule has 0 saturated carbocycles. The van der Waals surface area contributed by atoms with Gasteiger partial charge in [-0.15, -0.1) is 34.2 Å². The van der Waals surface area contributed by atoms with Crippen LogP contribution in [-0.2, 0) is 25.9 Å².